The van der Waals surface area contributed by atoms with Crippen molar-refractivity contribution in [2.45, 2.75) is 70.7 Å². The molecule has 0 spiro atoms. The molecule has 0 radical (unpaired) electrons. The average molecular weight is 425 g/mol. The number of aliphatic hydroxyl groups excluding tert-OH is 1. The van der Waals surface area contributed by atoms with Gasteiger partial charge in [-0.1, -0.05) is 26.8 Å². The van der Waals surface area contributed by atoms with Crippen LogP contribution in [0.1, 0.15) is 47.0 Å². The molecule has 0 aromatic heterocycles. The summed E-state index contributed by atoms with van der Waals surface area (Å²) in [4.78, 5) is 24.1. The average Bonchev–Trinajstić information content (AvgIpc) is 2.87. The molecule has 4 nitrogen and oxygen atoms in total. The number of rotatable bonds is 2. The molecule has 0 saturated heterocycles. The van der Waals surface area contributed by atoms with E-state index in [4.69, 9.17) is 16.3 Å². The fraction of sp³-hybridized carbons (Fsp3) is 0.739. The van der Waals surface area contributed by atoms with Gasteiger partial charge in [0.15, 0.2) is 5.78 Å². The lowest BCUT2D eigenvalue weighted by molar-refractivity contribution is -0.171. The van der Waals surface area contributed by atoms with Crippen molar-refractivity contribution < 1.29 is 23.8 Å². The summed E-state index contributed by atoms with van der Waals surface area (Å²) >= 11 is 5.92. The zero-order valence-electron chi connectivity index (χ0n) is 17.4. The monoisotopic (exact) mass is 424 g/mol. The SMILES string of the molecule is CC(Cl)C(=O)O[C@@H]1[C@H](C)C[C@H]2[C@@H]3C[C@H](F)C4=CC(=O)C=C[C@]4(C)[C@H]3[C@@H](O)C[C@]12C. The summed E-state index contributed by atoms with van der Waals surface area (Å²) in [5, 5.41) is 10.6. The maximum atomic E-state index is 15.3. The van der Waals surface area contributed by atoms with Crippen LogP contribution in [-0.2, 0) is 14.3 Å². The van der Waals surface area contributed by atoms with E-state index >= 15 is 4.39 Å². The Balaban J connectivity index is 1.71. The van der Waals surface area contributed by atoms with Gasteiger partial charge in [-0.15, -0.1) is 11.6 Å². The third-order valence-corrected chi connectivity index (χ3v) is 8.45. The number of carbonyl (C=O) groups is 2. The highest BCUT2D eigenvalue weighted by atomic mass is 35.5. The van der Waals surface area contributed by atoms with Crippen molar-refractivity contribution >= 4 is 23.4 Å². The largest absolute Gasteiger partial charge is 0.460 e. The van der Waals surface area contributed by atoms with Gasteiger partial charge in [0.25, 0.3) is 0 Å². The van der Waals surface area contributed by atoms with Gasteiger partial charge < -0.3 is 9.84 Å². The molecule has 0 aliphatic heterocycles. The second-order valence-corrected chi connectivity index (χ2v) is 10.7. The van der Waals surface area contributed by atoms with Gasteiger partial charge in [-0.3, -0.25) is 9.59 Å². The molecular weight excluding hydrogens is 395 g/mol. The molecule has 0 bridgehead atoms. The van der Waals surface area contributed by atoms with Crippen LogP contribution in [0, 0.1) is 34.5 Å². The molecule has 0 heterocycles. The number of esters is 1. The molecule has 1 N–H and O–H groups in total. The van der Waals surface area contributed by atoms with Gasteiger partial charge >= 0.3 is 5.97 Å². The Hall–Kier alpha value is -1.20. The van der Waals surface area contributed by atoms with E-state index in [1.807, 2.05) is 6.92 Å². The summed E-state index contributed by atoms with van der Waals surface area (Å²) in [6, 6.07) is 0. The Kier molecular flexibility index (Phi) is 5.02. The summed E-state index contributed by atoms with van der Waals surface area (Å²) < 4.78 is 21.1. The molecule has 6 heteroatoms. The van der Waals surface area contributed by atoms with E-state index in [0.717, 1.165) is 6.42 Å². The van der Waals surface area contributed by atoms with E-state index in [-0.39, 0.29) is 35.6 Å². The van der Waals surface area contributed by atoms with Crippen molar-refractivity contribution in [2.75, 3.05) is 0 Å². The Morgan fingerprint density at radius 1 is 1.38 bits per heavy atom. The lowest BCUT2D eigenvalue weighted by Crippen LogP contribution is -2.58. The smallest absolute Gasteiger partial charge is 0.324 e. The number of allylic oxidation sites excluding steroid dienone is 4. The predicted octanol–water partition coefficient (Wildman–Crippen LogP) is 4.00. The van der Waals surface area contributed by atoms with Gasteiger partial charge in [-0.2, -0.15) is 0 Å². The molecule has 3 saturated carbocycles. The molecule has 10 atom stereocenters. The van der Waals surface area contributed by atoms with E-state index in [1.54, 1.807) is 13.0 Å². The van der Waals surface area contributed by atoms with E-state index in [9.17, 15) is 14.7 Å². The van der Waals surface area contributed by atoms with Crippen molar-refractivity contribution in [2.24, 2.45) is 34.5 Å². The topological polar surface area (TPSA) is 63.6 Å². The molecule has 160 valence electrons. The summed E-state index contributed by atoms with van der Waals surface area (Å²) in [7, 11) is 0. The first kappa shape index (κ1) is 21.0. The van der Waals surface area contributed by atoms with E-state index in [0.29, 0.717) is 18.4 Å². The normalized spacial score (nSPS) is 49.6. The number of halogens is 2. The number of ketones is 1. The third-order valence-electron chi connectivity index (χ3n) is 8.27. The van der Waals surface area contributed by atoms with E-state index in [1.165, 1.54) is 12.2 Å². The summed E-state index contributed by atoms with van der Waals surface area (Å²) in [6.45, 7) is 7.67. The molecule has 0 aromatic rings. The number of ether oxygens (including phenoxy) is 1. The van der Waals surface area contributed by atoms with Crippen LogP contribution in [0.4, 0.5) is 4.39 Å². The van der Waals surface area contributed by atoms with Gasteiger partial charge in [0, 0.05) is 16.7 Å². The van der Waals surface area contributed by atoms with Crippen molar-refractivity contribution in [1.82, 2.24) is 0 Å². The number of hydrogen-bond donors (Lipinski definition) is 1. The van der Waals surface area contributed by atoms with Crippen LogP contribution in [0.5, 0.6) is 0 Å². The summed E-state index contributed by atoms with van der Waals surface area (Å²) in [6.07, 6.45) is 4.11. The van der Waals surface area contributed by atoms with Crippen LogP contribution in [0.3, 0.4) is 0 Å². The fourth-order valence-corrected chi connectivity index (χ4v) is 7.18. The van der Waals surface area contributed by atoms with Crippen LogP contribution in [-0.4, -0.2) is 40.6 Å². The highest BCUT2D eigenvalue weighted by Gasteiger charge is 2.65. The molecule has 4 aliphatic rings. The minimum absolute atomic E-state index is 0.0432. The van der Waals surface area contributed by atoms with Gasteiger partial charge in [0.2, 0.25) is 0 Å². The van der Waals surface area contributed by atoms with Crippen LogP contribution >= 0.6 is 11.6 Å². The highest BCUT2D eigenvalue weighted by Crippen LogP contribution is 2.66. The number of fused-ring (bicyclic) bond motifs is 5. The second-order valence-electron chi connectivity index (χ2n) is 10.1. The van der Waals surface area contributed by atoms with Crippen molar-refractivity contribution in [3.05, 3.63) is 23.8 Å². The molecule has 0 amide bonds. The lowest BCUT2D eigenvalue weighted by atomic mass is 9.47. The second kappa shape index (κ2) is 6.91. The van der Waals surface area contributed by atoms with Crippen LogP contribution < -0.4 is 0 Å². The van der Waals surface area contributed by atoms with Gasteiger partial charge in [0.1, 0.15) is 17.7 Å². The first-order chi connectivity index (χ1) is 13.5. The van der Waals surface area contributed by atoms with Crippen LogP contribution in [0.15, 0.2) is 23.8 Å². The van der Waals surface area contributed by atoms with Crippen LogP contribution in [0.25, 0.3) is 0 Å². The first-order valence-corrected chi connectivity index (χ1v) is 11.0. The first-order valence-electron chi connectivity index (χ1n) is 10.6. The predicted molar refractivity (Wildman–Crippen MR) is 108 cm³/mol. The molecule has 1 unspecified atom stereocenters. The molecule has 4 rings (SSSR count). The minimum atomic E-state index is -1.20. The zero-order chi connectivity index (χ0) is 21.3. The lowest BCUT2D eigenvalue weighted by Gasteiger charge is -2.59. The van der Waals surface area contributed by atoms with Gasteiger partial charge in [-0.25, -0.2) is 4.39 Å². The van der Waals surface area contributed by atoms with Gasteiger partial charge in [-0.05, 0) is 61.7 Å². The summed E-state index contributed by atoms with van der Waals surface area (Å²) in [5.74, 6) is -0.584. The Bertz CT molecular complexity index is 792. The molecule has 0 aromatic carbocycles. The van der Waals surface area contributed by atoms with Crippen molar-refractivity contribution in [3.63, 3.8) is 0 Å². The third kappa shape index (κ3) is 3.03. The number of alkyl halides is 2. The Labute approximate surface area is 176 Å². The minimum Gasteiger partial charge on any atom is -0.460 e. The maximum absolute atomic E-state index is 15.3. The molecule has 29 heavy (non-hydrogen) atoms. The maximum Gasteiger partial charge on any atom is 0.324 e. The van der Waals surface area contributed by atoms with Crippen molar-refractivity contribution in [3.8, 4) is 0 Å². The Morgan fingerprint density at radius 2 is 2.07 bits per heavy atom. The molecule has 4 aliphatic carbocycles. The Morgan fingerprint density at radius 3 is 2.72 bits per heavy atom. The molecule has 3 fully saturated rings. The van der Waals surface area contributed by atoms with E-state index in [2.05, 4.69) is 13.8 Å². The number of carbonyl (C=O) groups excluding carboxylic acids is 2. The van der Waals surface area contributed by atoms with Crippen LogP contribution in [0.2, 0.25) is 0 Å². The standard InChI is InChI=1S/C23H30ClFO4/c1-11-7-15-14-9-17(25)16-8-13(26)5-6-22(16,3)19(14)18(27)10-23(15,4)20(11)29-21(28)12(2)24/h5-6,8,11-12,14-15,17-20,27H,7,9-10H2,1-4H3/t11-,12?,14+,15+,17+,18+,19-,20-,22+,23+/m1/s1. The number of hydrogen-bond acceptors (Lipinski definition) is 4. The fourth-order valence-electron chi connectivity index (χ4n) is 7.13. The van der Waals surface area contributed by atoms with E-state index < -0.39 is 34.5 Å². The zero-order valence-corrected chi connectivity index (χ0v) is 18.2. The van der Waals surface area contributed by atoms with Crippen molar-refractivity contribution in [1.29, 1.82) is 0 Å². The quantitative estimate of drug-likeness (QED) is 0.537. The van der Waals surface area contributed by atoms with Gasteiger partial charge in [0.05, 0.1) is 6.10 Å². The number of aliphatic hydroxyl groups is 1. The highest BCUT2D eigenvalue weighted by molar-refractivity contribution is 6.29. The molecular formula is C23H30ClFO4. The summed E-state index contributed by atoms with van der Waals surface area (Å²) in [5.41, 5.74) is -0.592.